The lowest BCUT2D eigenvalue weighted by Gasteiger charge is -2.18. The average Bonchev–Trinajstić information content (AvgIpc) is 2.86. The Labute approximate surface area is 118 Å². The van der Waals surface area contributed by atoms with Crippen molar-refractivity contribution in [2.75, 3.05) is 7.05 Å². The zero-order valence-electron chi connectivity index (χ0n) is 12.0. The number of benzene rings is 1. The van der Waals surface area contributed by atoms with Crippen LogP contribution in [0.2, 0.25) is 0 Å². The molecule has 0 saturated carbocycles. The van der Waals surface area contributed by atoms with E-state index in [1.807, 2.05) is 44.2 Å². The van der Waals surface area contributed by atoms with Crippen LogP contribution >= 0.6 is 0 Å². The van der Waals surface area contributed by atoms with Crippen LogP contribution < -0.4 is 5.32 Å². The first-order valence-corrected chi connectivity index (χ1v) is 6.71. The van der Waals surface area contributed by atoms with Crippen LogP contribution in [0.4, 0.5) is 0 Å². The number of hydrogen-bond donors (Lipinski definition) is 1. The maximum Gasteiger partial charge on any atom is 0.0708 e. The fourth-order valence-corrected chi connectivity index (χ4v) is 2.67. The molecule has 0 bridgehead atoms. The molecular formula is C16H18N4. The fourth-order valence-electron chi connectivity index (χ4n) is 2.67. The Morgan fingerprint density at radius 1 is 1.25 bits per heavy atom. The third-order valence-electron chi connectivity index (χ3n) is 3.53. The van der Waals surface area contributed by atoms with E-state index in [0.717, 1.165) is 16.8 Å². The van der Waals surface area contributed by atoms with E-state index in [0.29, 0.717) is 0 Å². The van der Waals surface area contributed by atoms with Crippen LogP contribution in [0, 0.1) is 6.92 Å². The average molecular weight is 266 g/mol. The molecule has 1 aromatic carbocycles. The molecule has 4 heteroatoms. The Morgan fingerprint density at radius 3 is 2.75 bits per heavy atom. The quantitative estimate of drug-likeness (QED) is 0.792. The molecule has 0 amide bonds. The highest BCUT2D eigenvalue weighted by atomic mass is 15.2. The molecule has 102 valence electrons. The second-order valence-electron chi connectivity index (χ2n) is 5.04. The second-order valence-corrected chi connectivity index (χ2v) is 5.04. The molecule has 3 rings (SSSR count). The van der Waals surface area contributed by atoms with Gasteiger partial charge in [-0.15, -0.1) is 0 Å². The zero-order valence-corrected chi connectivity index (χ0v) is 12.0. The van der Waals surface area contributed by atoms with Gasteiger partial charge in [-0.25, -0.2) is 0 Å². The van der Waals surface area contributed by atoms with Crippen LogP contribution in [0.15, 0.2) is 42.7 Å². The van der Waals surface area contributed by atoms with E-state index < -0.39 is 0 Å². The van der Waals surface area contributed by atoms with E-state index in [-0.39, 0.29) is 6.04 Å². The monoisotopic (exact) mass is 266 g/mol. The number of para-hydroxylation sites is 1. The van der Waals surface area contributed by atoms with Gasteiger partial charge in [0, 0.05) is 29.9 Å². The first kappa shape index (κ1) is 12.8. The van der Waals surface area contributed by atoms with Crippen molar-refractivity contribution in [3.8, 4) is 0 Å². The highest BCUT2D eigenvalue weighted by Gasteiger charge is 2.17. The molecule has 20 heavy (non-hydrogen) atoms. The minimum Gasteiger partial charge on any atom is -0.309 e. The van der Waals surface area contributed by atoms with E-state index in [2.05, 4.69) is 39.7 Å². The summed E-state index contributed by atoms with van der Waals surface area (Å²) in [5, 5.41) is 8.84. The number of rotatable bonds is 3. The minimum absolute atomic E-state index is 0.121. The Balaban J connectivity index is 2.21. The summed E-state index contributed by atoms with van der Waals surface area (Å²) in [5.74, 6) is 0. The van der Waals surface area contributed by atoms with E-state index in [1.165, 1.54) is 10.9 Å². The first-order chi connectivity index (χ1) is 9.69. The molecule has 0 radical (unpaired) electrons. The lowest BCUT2D eigenvalue weighted by Crippen LogP contribution is -2.18. The molecule has 0 aliphatic carbocycles. The number of hydrogen-bond acceptors (Lipinski definition) is 3. The summed E-state index contributed by atoms with van der Waals surface area (Å²) < 4.78 is 1.83. The van der Waals surface area contributed by atoms with Gasteiger partial charge < -0.3 is 5.32 Å². The Bertz CT molecular complexity index is 745. The number of pyridine rings is 1. The van der Waals surface area contributed by atoms with Gasteiger partial charge in [0.05, 0.1) is 17.8 Å². The highest BCUT2D eigenvalue weighted by Crippen LogP contribution is 2.28. The SMILES string of the molecule is CNC(c1cnn(C)c1)c1cc(C)nc2ccccc12. The highest BCUT2D eigenvalue weighted by molar-refractivity contribution is 5.83. The van der Waals surface area contributed by atoms with Crippen molar-refractivity contribution < 1.29 is 0 Å². The molecule has 3 aromatic rings. The number of nitrogens with zero attached hydrogens (tertiary/aromatic N) is 3. The van der Waals surface area contributed by atoms with Crippen LogP contribution in [-0.4, -0.2) is 21.8 Å². The zero-order chi connectivity index (χ0) is 14.1. The van der Waals surface area contributed by atoms with Crippen LogP contribution in [0.5, 0.6) is 0 Å². The lowest BCUT2D eigenvalue weighted by atomic mass is 9.97. The minimum atomic E-state index is 0.121. The molecular weight excluding hydrogens is 248 g/mol. The summed E-state index contributed by atoms with van der Waals surface area (Å²) in [6, 6.07) is 10.5. The van der Waals surface area contributed by atoms with Gasteiger partial charge in [-0.2, -0.15) is 5.10 Å². The van der Waals surface area contributed by atoms with Gasteiger partial charge in [0.1, 0.15) is 0 Å². The van der Waals surface area contributed by atoms with Gasteiger partial charge in [-0.1, -0.05) is 18.2 Å². The van der Waals surface area contributed by atoms with Crippen LogP contribution in [-0.2, 0) is 7.05 Å². The lowest BCUT2D eigenvalue weighted by molar-refractivity contribution is 0.693. The summed E-state index contributed by atoms with van der Waals surface area (Å²) in [6.07, 6.45) is 3.96. The first-order valence-electron chi connectivity index (χ1n) is 6.71. The van der Waals surface area contributed by atoms with E-state index >= 15 is 0 Å². The molecule has 1 unspecified atom stereocenters. The third-order valence-corrected chi connectivity index (χ3v) is 3.53. The summed E-state index contributed by atoms with van der Waals surface area (Å²) >= 11 is 0. The molecule has 4 nitrogen and oxygen atoms in total. The van der Waals surface area contributed by atoms with E-state index in [1.54, 1.807) is 0 Å². The molecule has 2 aromatic heterocycles. The fraction of sp³-hybridized carbons (Fsp3) is 0.250. The number of nitrogens with one attached hydrogen (secondary N) is 1. The Morgan fingerprint density at radius 2 is 2.05 bits per heavy atom. The van der Waals surface area contributed by atoms with Gasteiger partial charge in [-0.05, 0) is 31.7 Å². The summed E-state index contributed by atoms with van der Waals surface area (Å²) in [6.45, 7) is 2.03. The number of aryl methyl sites for hydroxylation is 2. The van der Waals surface area contributed by atoms with Gasteiger partial charge in [0.2, 0.25) is 0 Å². The largest absolute Gasteiger partial charge is 0.309 e. The summed E-state index contributed by atoms with van der Waals surface area (Å²) in [7, 11) is 3.91. The third kappa shape index (κ3) is 2.18. The molecule has 2 heterocycles. The molecule has 0 aliphatic rings. The molecule has 1 N–H and O–H groups in total. The molecule has 0 aliphatic heterocycles. The van der Waals surface area contributed by atoms with Crippen LogP contribution in [0.1, 0.15) is 22.9 Å². The predicted molar refractivity (Wildman–Crippen MR) is 80.6 cm³/mol. The molecule has 1 atom stereocenters. The van der Waals surface area contributed by atoms with Gasteiger partial charge >= 0.3 is 0 Å². The standard InChI is InChI=1S/C16H18N4/c1-11-8-14(13-6-4-5-7-15(13)19-11)16(17-2)12-9-18-20(3)10-12/h4-10,16-17H,1-3H3. The van der Waals surface area contributed by atoms with Crippen LogP contribution in [0.3, 0.4) is 0 Å². The second kappa shape index (κ2) is 5.06. The smallest absolute Gasteiger partial charge is 0.0708 e. The summed E-state index contributed by atoms with van der Waals surface area (Å²) in [4.78, 5) is 4.60. The summed E-state index contributed by atoms with van der Waals surface area (Å²) in [5.41, 5.74) is 4.46. The Hall–Kier alpha value is -2.20. The number of fused-ring (bicyclic) bond motifs is 1. The van der Waals surface area contributed by atoms with Crippen LogP contribution in [0.25, 0.3) is 10.9 Å². The normalized spacial score (nSPS) is 12.8. The van der Waals surface area contributed by atoms with Crippen molar-refractivity contribution in [2.45, 2.75) is 13.0 Å². The van der Waals surface area contributed by atoms with E-state index in [9.17, 15) is 0 Å². The predicted octanol–water partition coefficient (Wildman–Crippen LogP) is 2.59. The van der Waals surface area contributed by atoms with Crippen molar-refractivity contribution in [1.29, 1.82) is 0 Å². The van der Waals surface area contributed by atoms with Crippen molar-refractivity contribution >= 4 is 10.9 Å². The van der Waals surface area contributed by atoms with Crippen molar-refractivity contribution in [3.05, 3.63) is 59.5 Å². The maximum absolute atomic E-state index is 4.60. The molecule has 0 spiro atoms. The van der Waals surface area contributed by atoms with Gasteiger partial charge in [0.25, 0.3) is 0 Å². The van der Waals surface area contributed by atoms with Crippen molar-refractivity contribution in [3.63, 3.8) is 0 Å². The van der Waals surface area contributed by atoms with Crippen molar-refractivity contribution in [1.82, 2.24) is 20.1 Å². The Kier molecular flexibility index (Phi) is 3.24. The van der Waals surface area contributed by atoms with Gasteiger partial charge in [0.15, 0.2) is 0 Å². The molecule has 0 saturated heterocycles. The molecule has 0 fully saturated rings. The maximum atomic E-state index is 4.60. The van der Waals surface area contributed by atoms with Crippen molar-refractivity contribution in [2.24, 2.45) is 7.05 Å². The number of aromatic nitrogens is 3. The van der Waals surface area contributed by atoms with E-state index in [4.69, 9.17) is 0 Å². The van der Waals surface area contributed by atoms with Gasteiger partial charge in [-0.3, -0.25) is 9.67 Å². The topological polar surface area (TPSA) is 42.7 Å².